The second kappa shape index (κ2) is 6.69. The fraction of sp³-hybridized carbons (Fsp3) is 0.400. The first kappa shape index (κ1) is 17.2. The first-order chi connectivity index (χ1) is 11.8. The van der Waals surface area contributed by atoms with Gasteiger partial charge in [0.2, 0.25) is 5.89 Å². The van der Waals surface area contributed by atoms with Crippen LogP contribution in [0.25, 0.3) is 0 Å². The molecule has 1 fully saturated rings. The molecule has 0 atom stereocenters. The number of halogens is 4. The number of piperidine rings is 1. The quantitative estimate of drug-likeness (QED) is 0.832. The van der Waals surface area contributed by atoms with E-state index in [1.165, 1.54) is 29.2 Å². The number of alkyl halides is 3. The highest BCUT2D eigenvalue weighted by atomic mass is 19.4. The molecule has 0 aliphatic carbocycles. The highest BCUT2D eigenvalue weighted by molar-refractivity contribution is 5.89. The monoisotopic (exact) mass is 358 g/mol. The number of nitrogens with one attached hydrogen (secondary N) is 1. The zero-order valence-corrected chi connectivity index (χ0v) is 12.9. The molecule has 0 saturated carbocycles. The number of likely N-dealkylation sites (tertiary alicyclic amines) is 1. The summed E-state index contributed by atoms with van der Waals surface area (Å²) in [5.74, 6) is -2.15. The Balaban J connectivity index is 1.55. The number of hydrogen-bond donors (Lipinski definition) is 1. The van der Waals surface area contributed by atoms with Gasteiger partial charge in [-0.05, 0) is 37.1 Å². The van der Waals surface area contributed by atoms with Gasteiger partial charge in [0.05, 0.1) is 0 Å². The van der Waals surface area contributed by atoms with Crippen molar-refractivity contribution < 1.29 is 26.8 Å². The van der Waals surface area contributed by atoms with Gasteiger partial charge in [0.1, 0.15) is 5.82 Å². The highest BCUT2D eigenvalue weighted by Gasteiger charge is 2.39. The normalized spacial score (nSPS) is 16.1. The minimum Gasteiger partial charge on any atom is -0.417 e. The number of carbonyl (C=O) groups excluding carboxylic acids is 1. The molecule has 2 heterocycles. The van der Waals surface area contributed by atoms with Crippen molar-refractivity contribution in [1.29, 1.82) is 0 Å². The van der Waals surface area contributed by atoms with E-state index in [9.17, 15) is 22.4 Å². The minimum absolute atomic E-state index is 0.0640. The third kappa shape index (κ3) is 4.06. The van der Waals surface area contributed by atoms with Crippen molar-refractivity contribution in [3.05, 3.63) is 41.9 Å². The van der Waals surface area contributed by atoms with Crippen LogP contribution in [0.3, 0.4) is 0 Å². The smallest absolute Gasteiger partial charge is 0.417 e. The molecule has 0 bridgehead atoms. The maximum atomic E-state index is 12.8. The minimum atomic E-state index is -4.67. The lowest BCUT2D eigenvalue weighted by Crippen LogP contribution is -2.40. The number of rotatable bonds is 2. The first-order valence-electron chi connectivity index (χ1n) is 7.55. The standard InChI is InChI=1S/C15H14F4N4O2/c16-10-1-3-11(4-2-10)20-14(24)23-7-5-9(6-8-23)12-21-22-13(25-12)15(17,18)19/h1-4,9H,5-8H2,(H,20,24). The molecular weight excluding hydrogens is 344 g/mol. The maximum Gasteiger partial charge on any atom is 0.470 e. The molecule has 3 rings (SSSR count). The second-order valence-corrected chi connectivity index (χ2v) is 5.64. The predicted molar refractivity (Wildman–Crippen MR) is 78.3 cm³/mol. The lowest BCUT2D eigenvalue weighted by molar-refractivity contribution is -0.157. The van der Waals surface area contributed by atoms with Gasteiger partial charge in [0, 0.05) is 24.7 Å². The zero-order chi connectivity index (χ0) is 18.0. The van der Waals surface area contributed by atoms with Crippen molar-refractivity contribution in [3.63, 3.8) is 0 Å². The second-order valence-electron chi connectivity index (χ2n) is 5.64. The van der Waals surface area contributed by atoms with Crippen LogP contribution in [0.1, 0.15) is 30.5 Å². The summed E-state index contributed by atoms with van der Waals surface area (Å²) in [6.45, 7) is 0.669. The molecule has 0 unspecified atom stereocenters. The fourth-order valence-electron chi connectivity index (χ4n) is 2.58. The van der Waals surface area contributed by atoms with Crippen LogP contribution in [0.15, 0.2) is 28.7 Å². The van der Waals surface area contributed by atoms with Crippen LogP contribution >= 0.6 is 0 Å². The van der Waals surface area contributed by atoms with E-state index in [1.54, 1.807) is 0 Å². The largest absolute Gasteiger partial charge is 0.470 e. The molecule has 2 aromatic rings. The van der Waals surface area contributed by atoms with Gasteiger partial charge in [0.25, 0.3) is 0 Å². The van der Waals surface area contributed by atoms with Crippen LogP contribution in [0.5, 0.6) is 0 Å². The molecular formula is C15H14F4N4O2. The van der Waals surface area contributed by atoms with E-state index in [0.717, 1.165) is 0 Å². The van der Waals surface area contributed by atoms with Crippen LogP contribution in [-0.2, 0) is 6.18 Å². The number of aromatic nitrogens is 2. The number of benzene rings is 1. The van der Waals surface area contributed by atoms with Crippen molar-refractivity contribution in [2.24, 2.45) is 0 Å². The number of urea groups is 1. The number of carbonyl (C=O) groups is 1. The first-order valence-corrected chi connectivity index (χ1v) is 7.55. The number of hydrogen-bond acceptors (Lipinski definition) is 4. The van der Waals surface area contributed by atoms with Gasteiger partial charge in [-0.25, -0.2) is 9.18 Å². The van der Waals surface area contributed by atoms with Crippen molar-refractivity contribution >= 4 is 11.7 Å². The van der Waals surface area contributed by atoms with E-state index < -0.39 is 17.9 Å². The zero-order valence-electron chi connectivity index (χ0n) is 12.9. The lowest BCUT2D eigenvalue weighted by Gasteiger charge is -2.30. The third-order valence-corrected chi connectivity index (χ3v) is 3.91. The van der Waals surface area contributed by atoms with Gasteiger partial charge in [-0.1, -0.05) is 0 Å². The Kier molecular flexibility index (Phi) is 4.60. The topological polar surface area (TPSA) is 71.3 Å². The Morgan fingerprint density at radius 1 is 1.16 bits per heavy atom. The molecule has 0 spiro atoms. The summed E-state index contributed by atoms with van der Waals surface area (Å²) in [7, 11) is 0. The Bertz CT molecular complexity index is 737. The van der Waals surface area contributed by atoms with E-state index in [0.29, 0.717) is 31.6 Å². The van der Waals surface area contributed by atoms with Gasteiger partial charge in [-0.15, -0.1) is 10.2 Å². The van der Waals surface area contributed by atoms with E-state index >= 15 is 0 Å². The Morgan fingerprint density at radius 2 is 1.80 bits per heavy atom. The highest BCUT2D eigenvalue weighted by Crippen LogP contribution is 2.32. The number of nitrogens with zero attached hydrogens (tertiary/aromatic N) is 3. The Hall–Kier alpha value is -2.65. The summed E-state index contributed by atoms with van der Waals surface area (Å²) in [6, 6.07) is 4.99. The summed E-state index contributed by atoms with van der Waals surface area (Å²) < 4.78 is 55.0. The molecule has 10 heteroatoms. The van der Waals surface area contributed by atoms with Crippen molar-refractivity contribution in [3.8, 4) is 0 Å². The molecule has 1 saturated heterocycles. The Morgan fingerprint density at radius 3 is 2.36 bits per heavy atom. The van der Waals surface area contributed by atoms with Crippen molar-refractivity contribution in [2.75, 3.05) is 18.4 Å². The van der Waals surface area contributed by atoms with Crippen LogP contribution in [0.2, 0.25) is 0 Å². The molecule has 134 valence electrons. The van der Waals surface area contributed by atoms with Gasteiger partial charge in [-0.3, -0.25) is 0 Å². The number of anilines is 1. The molecule has 25 heavy (non-hydrogen) atoms. The molecule has 1 aliphatic rings. The maximum absolute atomic E-state index is 12.8. The van der Waals surface area contributed by atoms with Crippen molar-refractivity contribution in [1.82, 2.24) is 15.1 Å². The average molecular weight is 358 g/mol. The molecule has 6 nitrogen and oxygen atoms in total. The van der Waals surface area contributed by atoms with Gasteiger partial charge >= 0.3 is 18.1 Å². The summed E-state index contributed by atoms with van der Waals surface area (Å²) in [5, 5.41) is 9.11. The number of amides is 2. The van der Waals surface area contributed by atoms with Crippen LogP contribution < -0.4 is 5.32 Å². The van der Waals surface area contributed by atoms with E-state index in [2.05, 4.69) is 19.9 Å². The molecule has 1 N–H and O–H groups in total. The van der Waals surface area contributed by atoms with Crippen LogP contribution in [0, 0.1) is 5.82 Å². The summed E-state index contributed by atoms with van der Waals surface area (Å²) in [6.07, 6.45) is -3.84. The van der Waals surface area contributed by atoms with Crippen LogP contribution in [-0.4, -0.2) is 34.2 Å². The Labute approximate surface area is 139 Å². The van der Waals surface area contributed by atoms with E-state index in [1.807, 2.05) is 0 Å². The molecule has 1 aromatic carbocycles. The SMILES string of the molecule is O=C(Nc1ccc(F)cc1)N1CCC(c2nnc(C(F)(F)F)o2)CC1. The summed E-state index contributed by atoms with van der Waals surface area (Å²) in [4.78, 5) is 13.7. The van der Waals surface area contributed by atoms with Gasteiger partial charge < -0.3 is 14.6 Å². The summed E-state index contributed by atoms with van der Waals surface area (Å²) in [5.41, 5.74) is 0.459. The summed E-state index contributed by atoms with van der Waals surface area (Å²) >= 11 is 0. The van der Waals surface area contributed by atoms with Crippen molar-refractivity contribution in [2.45, 2.75) is 24.9 Å². The molecule has 1 aliphatic heterocycles. The fourth-order valence-corrected chi connectivity index (χ4v) is 2.58. The third-order valence-electron chi connectivity index (χ3n) is 3.91. The molecule has 2 amide bonds. The van der Waals surface area contributed by atoms with Crippen LogP contribution in [0.4, 0.5) is 28.0 Å². The molecule has 0 radical (unpaired) electrons. The average Bonchev–Trinajstić information content (AvgIpc) is 3.07. The van der Waals surface area contributed by atoms with E-state index in [-0.39, 0.29) is 17.8 Å². The predicted octanol–water partition coefficient (Wildman–Crippen LogP) is 3.64. The molecule has 1 aromatic heterocycles. The van der Waals surface area contributed by atoms with Gasteiger partial charge in [-0.2, -0.15) is 13.2 Å². The van der Waals surface area contributed by atoms with E-state index in [4.69, 9.17) is 0 Å². The van der Waals surface area contributed by atoms with Gasteiger partial charge in [0.15, 0.2) is 0 Å². The lowest BCUT2D eigenvalue weighted by atomic mass is 9.97.